The Bertz CT molecular complexity index is 4550. The zero-order valence-corrected chi connectivity index (χ0v) is 73.3. The average Bonchev–Trinajstić information content (AvgIpc) is 0.720. The number of primary amides is 1. The molecule has 1 aliphatic heterocycles. The lowest BCUT2D eigenvalue weighted by Gasteiger charge is -2.56. The fraction of sp³-hybridized carbons (Fsp3) is 0.558. The van der Waals surface area contributed by atoms with Gasteiger partial charge in [0.2, 0.25) is 41.4 Å². The average molecular weight is 1710 g/mol. The Morgan fingerprint density at radius 1 is 0.573 bits per heavy atom. The van der Waals surface area contributed by atoms with E-state index in [1.807, 2.05) is 73.7 Å². The van der Waals surface area contributed by atoms with E-state index < -0.39 is 58.4 Å². The van der Waals surface area contributed by atoms with Crippen LogP contribution in [0.15, 0.2) is 109 Å². The number of carbonyl (C=O) groups excluding carboxylic acids is 10. The van der Waals surface area contributed by atoms with Crippen LogP contribution in [0.5, 0.6) is 5.75 Å². The van der Waals surface area contributed by atoms with Gasteiger partial charge in [-0.05, 0) is 206 Å². The van der Waals surface area contributed by atoms with Crippen LogP contribution >= 0.6 is 0 Å². The van der Waals surface area contributed by atoms with Crippen LogP contribution in [0.2, 0.25) is 0 Å². The van der Waals surface area contributed by atoms with Gasteiger partial charge in [0.1, 0.15) is 24.4 Å². The molecule has 11 amide bonds. The number of aliphatic hydroxyl groups is 1. The molecule has 4 aliphatic carbocycles. The predicted molar refractivity (Wildman–Crippen MR) is 470 cm³/mol. The van der Waals surface area contributed by atoms with Crippen molar-refractivity contribution in [1.82, 2.24) is 36.4 Å². The molecule has 2 fully saturated rings. The van der Waals surface area contributed by atoms with Crippen LogP contribution in [0.25, 0.3) is 0 Å². The van der Waals surface area contributed by atoms with Crippen LogP contribution in [0.1, 0.15) is 195 Å². The van der Waals surface area contributed by atoms with E-state index in [1.165, 1.54) is 28.0 Å². The number of nitrogens with zero attached hydrogens (tertiary/aromatic N) is 3. The first kappa shape index (κ1) is 95.7. The van der Waals surface area contributed by atoms with Crippen LogP contribution in [0, 0.1) is 40.4 Å². The Hall–Kier alpha value is -10.5. The second-order valence-electron chi connectivity index (χ2n) is 34.6. The summed E-state index contributed by atoms with van der Waals surface area (Å²) in [4.78, 5) is 141. The molecule has 5 aromatic carbocycles. The molecule has 10 rings (SSSR count). The fourth-order valence-corrected chi connectivity index (χ4v) is 18.5. The molecule has 2 saturated carbocycles. The molecule has 0 bridgehead atoms. The van der Waals surface area contributed by atoms with Gasteiger partial charge in [-0.1, -0.05) is 121 Å². The lowest BCUT2D eigenvalue weighted by molar-refractivity contribution is -0.150. The third-order valence-electron chi connectivity index (χ3n) is 25.4. The SMILES string of the molecule is CC(C)[C@H](NC(=O)CCCOCCCOCCCOCCCOCCNC(=O)CCC(=O)N1Cc2ccccc2C#Cc2ccccc21)C(=O)N[C@@H](CCCNC(N)=O)C(=O)Nc1ccc(COC(=O)N(C)CCN(CCOCCO)C(=O)Oc2ccc3c(c2)[C@@]2(C)CCC[C@](C)(C(=O)NC(=O)[C@@]4(C)CCC[C@]5(C)c6cc(N)ccc6CC[C@@H]45)[C@@H]2CC3)cc1. The highest BCUT2D eigenvalue weighted by atomic mass is 16.6. The zero-order valence-electron chi connectivity index (χ0n) is 73.3. The summed E-state index contributed by atoms with van der Waals surface area (Å²) in [5, 5.41) is 26.3. The predicted octanol–water partition coefficient (Wildman–Crippen LogP) is 10.6. The van der Waals surface area contributed by atoms with Gasteiger partial charge >= 0.3 is 18.2 Å². The highest BCUT2D eigenvalue weighted by Crippen LogP contribution is 2.60. The Labute approximate surface area is 729 Å². The van der Waals surface area contributed by atoms with Gasteiger partial charge in [-0.3, -0.25) is 38.9 Å². The molecule has 11 N–H and O–H groups in total. The summed E-state index contributed by atoms with van der Waals surface area (Å²) in [6, 6.07) is 30.9. The largest absolute Gasteiger partial charge is 0.445 e. The summed E-state index contributed by atoms with van der Waals surface area (Å²) >= 11 is 0. The molecule has 0 radical (unpaired) electrons. The molecular weight excluding hydrogens is 1580 g/mol. The molecular formula is C95H129N11O18. The molecule has 5 aromatic rings. The summed E-state index contributed by atoms with van der Waals surface area (Å²) in [5.74, 6) is 3.98. The minimum Gasteiger partial charge on any atom is -0.445 e. The van der Waals surface area contributed by atoms with E-state index >= 15 is 0 Å². The molecule has 0 saturated heterocycles. The number of hydrogen-bond acceptors (Lipinski definition) is 19. The molecule has 29 heteroatoms. The molecule has 124 heavy (non-hydrogen) atoms. The monoisotopic (exact) mass is 1710 g/mol. The number of imide groups is 1. The second kappa shape index (κ2) is 46.5. The maximum atomic E-state index is 14.9. The van der Waals surface area contributed by atoms with Gasteiger partial charge in [-0.15, -0.1) is 0 Å². The maximum absolute atomic E-state index is 14.9. The number of nitrogens with two attached hydrogens (primary N) is 2. The van der Waals surface area contributed by atoms with Crippen molar-refractivity contribution in [1.29, 1.82) is 0 Å². The number of nitrogen functional groups attached to an aromatic ring is 1. The van der Waals surface area contributed by atoms with Crippen molar-refractivity contribution in [2.75, 3.05) is 128 Å². The minimum absolute atomic E-state index is 0.0284. The van der Waals surface area contributed by atoms with Crippen molar-refractivity contribution in [2.24, 2.45) is 34.3 Å². The highest BCUT2D eigenvalue weighted by molar-refractivity contribution is 6.01. The third-order valence-corrected chi connectivity index (χ3v) is 25.4. The zero-order chi connectivity index (χ0) is 88.8. The molecule has 8 atom stereocenters. The number of amides is 11. The topological polar surface area (TPSA) is 389 Å². The van der Waals surface area contributed by atoms with E-state index in [0.29, 0.717) is 134 Å². The molecule has 0 unspecified atom stereocenters. The van der Waals surface area contributed by atoms with Crippen LogP contribution in [-0.2, 0) is 98.8 Å². The number of ether oxygens (including phenoxy) is 7. The number of anilines is 3. The Morgan fingerprint density at radius 3 is 1.80 bits per heavy atom. The van der Waals surface area contributed by atoms with E-state index in [1.54, 1.807) is 49.1 Å². The molecule has 1 heterocycles. The molecule has 29 nitrogen and oxygen atoms in total. The van der Waals surface area contributed by atoms with Gasteiger partial charge < -0.3 is 91.0 Å². The first-order chi connectivity index (χ1) is 59.6. The van der Waals surface area contributed by atoms with Crippen molar-refractivity contribution < 1.29 is 86.2 Å². The Balaban J connectivity index is 0.591. The number of para-hydroxylation sites is 1. The summed E-state index contributed by atoms with van der Waals surface area (Å²) in [5.41, 5.74) is 18.9. The van der Waals surface area contributed by atoms with Gasteiger partial charge in [0.05, 0.1) is 49.5 Å². The van der Waals surface area contributed by atoms with Gasteiger partial charge in [0, 0.05) is 128 Å². The van der Waals surface area contributed by atoms with Gasteiger partial charge in [0.15, 0.2) is 0 Å². The number of aryl methyl sites for hydroxylation is 2. The molecule has 0 aromatic heterocycles. The lowest BCUT2D eigenvalue weighted by atomic mass is 9.49. The van der Waals surface area contributed by atoms with Crippen LogP contribution in [-0.4, -0.2) is 199 Å². The number of nitrogens with one attached hydrogen (secondary N) is 6. The van der Waals surface area contributed by atoms with Crippen molar-refractivity contribution in [2.45, 2.75) is 200 Å². The fourth-order valence-electron chi connectivity index (χ4n) is 18.5. The van der Waals surface area contributed by atoms with E-state index in [9.17, 15) is 53.1 Å². The number of rotatable bonds is 45. The van der Waals surface area contributed by atoms with Crippen LogP contribution in [0.3, 0.4) is 0 Å². The second-order valence-corrected chi connectivity index (χ2v) is 34.6. The van der Waals surface area contributed by atoms with Gasteiger partial charge in [-0.25, -0.2) is 14.4 Å². The van der Waals surface area contributed by atoms with Gasteiger partial charge in [-0.2, -0.15) is 0 Å². The van der Waals surface area contributed by atoms with E-state index in [0.717, 1.165) is 78.5 Å². The lowest BCUT2D eigenvalue weighted by Crippen LogP contribution is -2.60. The number of carbonyl (C=O) groups is 10. The molecule has 672 valence electrons. The first-order valence-corrected chi connectivity index (χ1v) is 44.1. The summed E-state index contributed by atoms with van der Waals surface area (Å²) in [6.07, 6.45) is 9.51. The number of likely N-dealkylation sites (N-methyl/N-ethyl adjacent to an activating group) is 1. The quantitative estimate of drug-likeness (QED) is 0.00756. The van der Waals surface area contributed by atoms with Gasteiger partial charge in [0.25, 0.3) is 0 Å². The van der Waals surface area contributed by atoms with Crippen LogP contribution < -0.4 is 53.0 Å². The normalized spacial score (nSPS) is 20.1. The summed E-state index contributed by atoms with van der Waals surface area (Å²) in [6.45, 7) is 16.4. The maximum Gasteiger partial charge on any atom is 0.415 e. The number of benzene rings is 5. The van der Waals surface area contributed by atoms with Crippen molar-refractivity contribution in [3.63, 3.8) is 0 Å². The number of aliphatic hydroxyl groups excluding tert-OH is 1. The summed E-state index contributed by atoms with van der Waals surface area (Å²) in [7, 11) is 1.54. The van der Waals surface area contributed by atoms with Crippen molar-refractivity contribution in [3.8, 4) is 17.6 Å². The van der Waals surface area contributed by atoms with E-state index in [2.05, 4.69) is 76.6 Å². The van der Waals surface area contributed by atoms with Crippen LogP contribution in [0.4, 0.5) is 31.4 Å². The van der Waals surface area contributed by atoms with E-state index in [-0.39, 0.29) is 137 Å². The minimum atomic E-state index is -1.09. The summed E-state index contributed by atoms with van der Waals surface area (Å²) < 4.78 is 40.3. The number of hydrogen-bond donors (Lipinski definition) is 9. The third kappa shape index (κ3) is 26.1. The Kier molecular flexibility index (Phi) is 35.9. The number of urea groups is 1. The first-order valence-electron chi connectivity index (χ1n) is 44.1. The molecule has 5 aliphatic rings. The van der Waals surface area contributed by atoms with E-state index in [4.69, 9.17) is 44.6 Å². The standard InChI is InChI=1S/C95H129N11O18/c1-65(2)84(102-82(109)24-13-51-118-52-16-53-119-54-17-55-120-56-18-57-121-58-46-98-81(108)39-40-83(110)106-63-71-21-9-8-19-67(71)27-28-70-20-10-11-23-78(70)106)86(112)101-77(22-12-45-99-89(97)115)85(111)100-73-34-25-66(26-35-73)64-123-90(116)104(7)47-48-105(49-59-122-60-50-107)91(117)124-74-36-30-69-32-38-80-93(4,76(69)62-74)42-15-44-95(80,6)88(114)103-87(113)94(5)43-14-41-92(3)75-61-72(96)33-29-68(75)31-37-79(92)94/h8-11,19-21,23,25-26,29-30,33-36,61-62,65,77,79-80,84,107H,12-18,22,24,31-32,37-60,63-64,96H2,1-7H3,(H,98,108)(H,100,111)(H,101,112)(H,102,109)(H3,97,99,115)(H,103,113,114)/t77-,79+,80+,84-,92+,93+,94-,95-/m0/s1. The molecule has 0 spiro atoms. The smallest absolute Gasteiger partial charge is 0.415 e. The van der Waals surface area contributed by atoms with Crippen molar-refractivity contribution >= 4 is 76.6 Å². The van der Waals surface area contributed by atoms with Crippen molar-refractivity contribution in [3.05, 3.63) is 154 Å². The highest BCUT2D eigenvalue weighted by Gasteiger charge is 2.59. The number of fused-ring (bicyclic) bond motifs is 8. The Morgan fingerprint density at radius 2 is 1.16 bits per heavy atom.